The Hall–Kier alpha value is -2.40. The molecule has 0 atom stereocenters. The third-order valence-corrected chi connectivity index (χ3v) is 6.20. The molecule has 0 aliphatic heterocycles. The molecule has 1 heterocycles. The minimum Gasteiger partial charge on any atom is -0.201 e. The Kier molecular flexibility index (Phi) is 3.13. The van der Waals surface area contributed by atoms with Crippen molar-refractivity contribution in [2.75, 3.05) is 0 Å². The van der Waals surface area contributed by atoms with Crippen molar-refractivity contribution in [3.8, 4) is 4.90 Å². The topological polar surface area (TPSA) is 0 Å². The van der Waals surface area contributed by atoms with Crippen LogP contribution in [0.25, 0.3) is 25.1 Å². The van der Waals surface area contributed by atoms with E-state index in [1.165, 1.54) is 30.3 Å². The summed E-state index contributed by atoms with van der Waals surface area (Å²) in [5, 5.41) is 0.955. The highest BCUT2D eigenvalue weighted by Crippen LogP contribution is 2.51. The lowest BCUT2D eigenvalue weighted by atomic mass is 10.1. The summed E-state index contributed by atoms with van der Waals surface area (Å²) < 4.78 is 57.7. The van der Waals surface area contributed by atoms with Gasteiger partial charge in [-0.05, 0) is 36.4 Å². The van der Waals surface area contributed by atoms with E-state index in [2.05, 4.69) is 0 Å². The highest BCUT2D eigenvalue weighted by molar-refractivity contribution is 7.50. The smallest absolute Gasteiger partial charge is 0.201 e. The van der Waals surface area contributed by atoms with Crippen molar-refractivity contribution in [2.24, 2.45) is 0 Å². The van der Waals surface area contributed by atoms with Gasteiger partial charge < -0.3 is 0 Å². The van der Waals surface area contributed by atoms with Gasteiger partial charge in [0.25, 0.3) is 4.90 Å². The van der Waals surface area contributed by atoms with Gasteiger partial charge in [-0.2, -0.15) is 0 Å². The molecule has 5 heteroatoms. The highest BCUT2D eigenvalue weighted by atomic mass is 32.2. The number of hydrogen-bond donors (Lipinski definition) is 0. The summed E-state index contributed by atoms with van der Waals surface area (Å²) >= 11 is 0. The summed E-state index contributed by atoms with van der Waals surface area (Å²) in [7, 11) is -1.49. The van der Waals surface area contributed by atoms with Crippen LogP contribution >= 0.6 is 10.5 Å². The Labute approximate surface area is 131 Å². The predicted molar refractivity (Wildman–Crippen MR) is 85.1 cm³/mol. The molecule has 0 N–H and O–H groups in total. The van der Waals surface area contributed by atoms with Crippen LogP contribution in [0.1, 0.15) is 0 Å². The Bertz CT molecular complexity index is 986. The Balaban J connectivity index is 2.34. The average molecular weight is 333 g/mol. The maximum atomic E-state index is 14.4. The molecule has 3 aromatic carbocycles. The zero-order valence-corrected chi connectivity index (χ0v) is 12.4. The molecule has 1 aromatic heterocycles. The monoisotopic (exact) mass is 333 g/mol. The number of rotatable bonds is 1. The molecule has 0 nitrogen and oxygen atoms in total. The first-order valence-electron chi connectivity index (χ1n) is 6.85. The molecule has 0 saturated heterocycles. The Morgan fingerprint density at radius 3 is 1.39 bits per heavy atom. The summed E-state index contributed by atoms with van der Waals surface area (Å²) in [6.45, 7) is 0. The summed E-state index contributed by atoms with van der Waals surface area (Å²) in [5.74, 6) is -2.80. The van der Waals surface area contributed by atoms with Crippen molar-refractivity contribution in [3.63, 3.8) is 0 Å². The first-order valence-corrected chi connectivity index (χ1v) is 8.08. The van der Waals surface area contributed by atoms with Crippen molar-refractivity contribution in [3.05, 3.63) is 77.9 Å². The molecule has 0 radical (unpaired) electrons. The minimum absolute atomic E-state index is 0.136. The zero-order valence-electron chi connectivity index (χ0n) is 11.6. The fourth-order valence-electron chi connectivity index (χ4n) is 2.84. The maximum absolute atomic E-state index is 14.4. The summed E-state index contributed by atoms with van der Waals surface area (Å²) in [6, 6.07) is 12.2. The van der Waals surface area contributed by atoms with E-state index in [1.807, 2.05) is 0 Å². The number of hydrogen-bond acceptors (Lipinski definition) is 0. The second kappa shape index (κ2) is 5.06. The standard InChI is InChI=1S/C18H9F4S/c19-12-6-1-4-10-11-5-2-7-13(20)17(11)23(16(10)12)18-14(21)8-3-9-15(18)22/h1-9H/q+1. The van der Waals surface area contributed by atoms with Gasteiger partial charge in [0.15, 0.2) is 23.3 Å². The van der Waals surface area contributed by atoms with Crippen LogP contribution in [0.3, 0.4) is 0 Å². The van der Waals surface area contributed by atoms with Gasteiger partial charge in [-0.3, -0.25) is 0 Å². The first-order chi connectivity index (χ1) is 11.1. The van der Waals surface area contributed by atoms with Gasteiger partial charge in [0.1, 0.15) is 0 Å². The van der Waals surface area contributed by atoms with E-state index >= 15 is 0 Å². The van der Waals surface area contributed by atoms with Crippen LogP contribution in [-0.2, 0) is 0 Å². The van der Waals surface area contributed by atoms with E-state index in [0.29, 0.717) is 10.8 Å². The maximum Gasteiger partial charge on any atom is 0.250 e. The molecule has 0 unspecified atom stereocenters. The van der Waals surface area contributed by atoms with Gasteiger partial charge in [0.05, 0.1) is 10.8 Å². The van der Waals surface area contributed by atoms with Crippen LogP contribution in [0.2, 0.25) is 0 Å². The largest absolute Gasteiger partial charge is 0.250 e. The van der Waals surface area contributed by atoms with E-state index in [0.717, 1.165) is 12.1 Å². The molecule has 0 aliphatic rings. The lowest BCUT2D eigenvalue weighted by molar-refractivity contribution is 0.595. The number of thiophene rings is 1. The van der Waals surface area contributed by atoms with Gasteiger partial charge in [-0.1, -0.05) is 18.2 Å². The lowest BCUT2D eigenvalue weighted by Crippen LogP contribution is -1.87. The van der Waals surface area contributed by atoms with E-state index in [-0.39, 0.29) is 14.3 Å². The van der Waals surface area contributed by atoms with E-state index in [4.69, 9.17) is 0 Å². The molecular formula is C18H9F4S+. The molecule has 4 rings (SSSR count). The number of benzene rings is 3. The van der Waals surface area contributed by atoms with Gasteiger partial charge in [0.2, 0.25) is 9.40 Å². The fourth-order valence-corrected chi connectivity index (χ4v) is 5.30. The second-order valence-electron chi connectivity index (χ2n) is 5.09. The molecule has 0 fully saturated rings. The third kappa shape index (κ3) is 1.96. The van der Waals surface area contributed by atoms with Crippen LogP contribution < -0.4 is 0 Å². The molecule has 0 amide bonds. The van der Waals surface area contributed by atoms with Crippen molar-refractivity contribution < 1.29 is 17.6 Å². The normalized spacial score (nSPS) is 11.5. The van der Waals surface area contributed by atoms with Gasteiger partial charge in [-0.15, -0.1) is 0 Å². The van der Waals surface area contributed by atoms with Gasteiger partial charge in [0, 0.05) is 10.5 Å². The molecule has 0 aliphatic carbocycles. The first kappa shape index (κ1) is 14.2. The predicted octanol–water partition coefficient (Wildman–Crippen LogP) is 6.29. The van der Waals surface area contributed by atoms with Gasteiger partial charge in [-0.25, -0.2) is 17.6 Å². The van der Waals surface area contributed by atoms with Crippen LogP contribution in [0.15, 0.2) is 54.6 Å². The highest BCUT2D eigenvalue weighted by Gasteiger charge is 2.33. The third-order valence-electron chi connectivity index (χ3n) is 3.76. The second-order valence-corrected chi connectivity index (χ2v) is 6.93. The van der Waals surface area contributed by atoms with Crippen LogP contribution in [-0.4, -0.2) is 0 Å². The van der Waals surface area contributed by atoms with Crippen molar-refractivity contribution in [1.82, 2.24) is 0 Å². The summed E-state index contributed by atoms with van der Waals surface area (Å²) in [6.07, 6.45) is 0. The Morgan fingerprint density at radius 2 is 0.913 bits per heavy atom. The molecule has 23 heavy (non-hydrogen) atoms. The number of fused-ring (bicyclic) bond motifs is 3. The van der Waals surface area contributed by atoms with Gasteiger partial charge >= 0.3 is 0 Å². The SMILES string of the molecule is Fc1cccc(F)c1-[s+]1c2c(F)cccc2c2cccc(F)c21. The quantitative estimate of drug-likeness (QED) is 0.284. The molecule has 114 valence electrons. The zero-order chi connectivity index (χ0) is 16.1. The lowest BCUT2D eigenvalue weighted by Gasteiger charge is -1.98. The minimum atomic E-state index is -1.49. The average Bonchev–Trinajstić information content (AvgIpc) is 2.85. The van der Waals surface area contributed by atoms with Crippen molar-refractivity contribution in [1.29, 1.82) is 0 Å². The molecule has 0 bridgehead atoms. The molecule has 4 aromatic rings. The Morgan fingerprint density at radius 1 is 0.522 bits per heavy atom. The summed E-state index contributed by atoms with van der Waals surface area (Å²) in [4.78, 5) is -0.303. The van der Waals surface area contributed by atoms with Crippen LogP contribution in [0.4, 0.5) is 17.6 Å². The van der Waals surface area contributed by atoms with E-state index < -0.39 is 33.7 Å². The van der Waals surface area contributed by atoms with Crippen molar-refractivity contribution >= 4 is 30.6 Å². The molecule has 0 spiro atoms. The number of halogens is 4. The molecular weight excluding hydrogens is 324 g/mol. The van der Waals surface area contributed by atoms with Crippen molar-refractivity contribution in [2.45, 2.75) is 0 Å². The van der Waals surface area contributed by atoms with Crippen LogP contribution in [0, 0.1) is 23.3 Å². The summed E-state index contributed by atoms with van der Waals surface area (Å²) in [5.41, 5.74) is 0. The van der Waals surface area contributed by atoms with E-state index in [1.54, 1.807) is 12.1 Å². The fraction of sp³-hybridized carbons (Fsp3) is 0. The van der Waals surface area contributed by atoms with Crippen LogP contribution in [0.5, 0.6) is 0 Å². The molecule has 0 saturated carbocycles. The van der Waals surface area contributed by atoms with E-state index in [9.17, 15) is 17.6 Å².